The molecule has 1 aromatic carbocycles. The summed E-state index contributed by atoms with van der Waals surface area (Å²) in [6.07, 6.45) is 10.2. The molecule has 2 heteroatoms. The van der Waals surface area contributed by atoms with E-state index in [4.69, 9.17) is 9.47 Å². The highest BCUT2D eigenvalue weighted by Gasteiger charge is 2.03. The van der Waals surface area contributed by atoms with Gasteiger partial charge in [-0.3, -0.25) is 0 Å². The Morgan fingerprint density at radius 1 is 0.786 bits per heavy atom. The van der Waals surface area contributed by atoms with Crippen LogP contribution in [0.5, 0.6) is 0 Å². The molecule has 0 aliphatic carbocycles. The molecule has 0 radical (unpaired) electrons. The number of benzene rings is 1. The SMILES string of the molecule is CC(C)OCCCOCCCCCCCCc1ccc(C#CC(C)(C)C)cc1. The minimum atomic E-state index is 0.0627. The predicted octanol–water partition coefficient (Wildman–Crippen LogP) is 6.80. The largest absolute Gasteiger partial charge is 0.381 e. The summed E-state index contributed by atoms with van der Waals surface area (Å²) < 4.78 is 11.2. The monoisotopic (exact) mass is 386 g/mol. The highest BCUT2D eigenvalue weighted by atomic mass is 16.5. The van der Waals surface area contributed by atoms with Gasteiger partial charge in [0.2, 0.25) is 0 Å². The van der Waals surface area contributed by atoms with Gasteiger partial charge in [-0.05, 0) is 78.0 Å². The smallest absolute Gasteiger partial charge is 0.0518 e. The second kappa shape index (κ2) is 14.7. The lowest BCUT2D eigenvalue weighted by atomic mass is 9.97. The third kappa shape index (κ3) is 14.7. The number of hydrogen-bond acceptors (Lipinski definition) is 2. The van der Waals surface area contributed by atoms with E-state index in [1.165, 1.54) is 50.5 Å². The van der Waals surface area contributed by atoms with Crippen molar-refractivity contribution in [2.24, 2.45) is 5.41 Å². The molecule has 0 aromatic heterocycles. The van der Waals surface area contributed by atoms with Crippen molar-refractivity contribution in [3.63, 3.8) is 0 Å². The molecule has 0 spiro atoms. The fraction of sp³-hybridized carbons (Fsp3) is 0.692. The van der Waals surface area contributed by atoms with Crippen molar-refractivity contribution in [1.82, 2.24) is 0 Å². The summed E-state index contributed by atoms with van der Waals surface area (Å²) in [6, 6.07) is 8.78. The van der Waals surface area contributed by atoms with Gasteiger partial charge in [-0.25, -0.2) is 0 Å². The number of rotatable bonds is 14. The number of aryl methyl sites for hydroxylation is 1. The van der Waals surface area contributed by atoms with Crippen LogP contribution in [-0.2, 0) is 15.9 Å². The minimum Gasteiger partial charge on any atom is -0.381 e. The molecule has 1 aromatic rings. The molecule has 2 nitrogen and oxygen atoms in total. The zero-order valence-corrected chi connectivity index (χ0v) is 19.0. The summed E-state index contributed by atoms with van der Waals surface area (Å²) in [7, 11) is 0. The number of ether oxygens (including phenoxy) is 2. The molecule has 0 unspecified atom stereocenters. The Morgan fingerprint density at radius 2 is 1.39 bits per heavy atom. The summed E-state index contributed by atoms with van der Waals surface area (Å²) in [6.45, 7) is 13.1. The fourth-order valence-electron chi connectivity index (χ4n) is 2.84. The summed E-state index contributed by atoms with van der Waals surface area (Å²) in [4.78, 5) is 0. The Labute approximate surface area is 174 Å². The quantitative estimate of drug-likeness (QED) is 0.258. The van der Waals surface area contributed by atoms with Crippen LogP contribution in [0.4, 0.5) is 0 Å². The van der Waals surface area contributed by atoms with Gasteiger partial charge in [0.15, 0.2) is 0 Å². The van der Waals surface area contributed by atoms with Crippen molar-refractivity contribution in [3.8, 4) is 11.8 Å². The molecule has 0 aliphatic rings. The molecule has 1 rings (SSSR count). The summed E-state index contributed by atoms with van der Waals surface area (Å²) in [5.41, 5.74) is 2.61. The zero-order valence-electron chi connectivity index (χ0n) is 19.0. The molecule has 0 bridgehead atoms. The van der Waals surface area contributed by atoms with Gasteiger partial charge in [-0.2, -0.15) is 0 Å². The van der Waals surface area contributed by atoms with E-state index in [-0.39, 0.29) is 5.41 Å². The molecule has 0 atom stereocenters. The summed E-state index contributed by atoms with van der Waals surface area (Å²) in [5, 5.41) is 0. The Bertz CT molecular complexity index is 555. The van der Waals surface area contributed by atoms with Gasteiger partial charge >= 0.3 is 0 Å². The van der Waals surface area contributed by atoms with Crippen LogP contribution in [0.3, 0.4) is 0 Å². The van der Waals surface area contributed by atoms with Crippen LogP contribution in [-0.4, -0.2) is 25.9 Å². The number of unbranched alkanes of at least 4 members (excludes halogenated alkanes) is 5. The van der Waals surface area contributed by atoms with Gasteiger partial charge in [0, 0.05) is 30.8 Å². The van der Waals surface area contributed by atoms with Crippen LogP contribution in [0, 0.1) is 17.3 Å². The highest BCUT2D eigenvalue weighted by Crippen LogP contribution is 2.13. The Morgan fingerprint density at radius 3 is 2.04 bits per heavy atom. The minimum absolute atomic E-state index is 0.0627. The van der Waals surface area contributed by atoms with Crippen molar-refractivity contribution < 1.29 is 9.47 Å². The first-order valence-corrected chi connectivity index (χ1v) is 11.2. The maximum absolute atomic E-state index is 5.66. The lowest BCUT2D eigenvalue weighted by Crippen LogP contribution is -2.07. The first kappa shape index (κ1) is 24.7. The molecule has 0 amide bonds. The van der Waals surface area contributed by atoms with Gasteiger partial charge in [0.25, 0.3) is 0 Å². The van der Waals surface area contributed by atoms with E-state index in [9.17, 15) is 0 Å². The molecule has 0 heterocycles. The van der Waals surface area contributed by atoms with Gasteiger partial charge in [0.05, 0.1) is 6.10 Å². The number of hydrogen-bond donors (Lipinski definition) is 0. The Balaban J connectivity index is 1.97. The zero-order chi connectivity index (χ0) is 20.7. The molecule has 28 heavy (non-hydrogen) atoms. The van der Waals surface area contributed by atoms with Crippen LogP contribution in [0.1, 0.15) is 90.7 Å². The maximum atomic E-state index is 5.66. The third-order valence-corrected chi connectivity index (χ3v) is 4.42. The van der Waals surface area contributed by atoms with Gasteiger partial charge in [0.1, 0.15) is 0 Å². The first-order chi connectivity index (χ1) is 13.4. The second-order valence-electron chi connectivity index (χ2n) is 8.95. The lowest BCUT2D eigenvalue weighted by Gasteiger charge is -2.08. The molecule has 158 valence electrons. The average Bonchev–Trinajstić information content (AvgIpc) is 2.64. The van der Waals surface area contributed by atoms with E-state index in [0.29, 0.717) is 6.10 Å². The van der Waals surface area contributed by atoms with Crippen molar-refractivity contribution >= 4 is 0 Å². The molecule has 0 N–H and O–H groups in total. The van der Waals surface area contributed by atoms with Gasteiger partial charge in [-0.1, -0.05) is 49.7 Å². The molecule has 0 fully saturated rings. The van der Waals surface area contributed by atoms with E-state index < -0.39 is 0 Å². The molecule has 0 saturated carbocycles. The van der Waals surface area contributed by atoms with Crippen molar-refractivity contribution in [3.05, 3.63) is 35.4 Å². The summed E-state index contributed by atoms with van der Waals surface area (Å²) >= 11 is 0. The molecular formula is C26H42O2. The fourth-order valence-corrected chi connectivity index (χ4v) is 2.84. The van der Waals surface area contributed by atoms with E-state index in [0.717, 1.165) is 31.8 Å². The van der Waals surface area contributed by atoms with Crippen LogP contribution in [0.2, 0.25) is 0 Å². The van der Waals surface area contributed by atoms with Gasteiger partial charge < -0.3 is 9.47 Å². The van der Waals surface area contributed by atoms with Gasteiger partial charge in [-0.15, -0.1) is 0 Å². The van der Waals surface area contributed by atoms with E-state index in [1.54, 1.807) is 0 Å². The molecule has 0 saturated heterocycles. The van der Waals surface area contributed by atoms with Crippen LogP contribution in [0.25, 0.3) is 0 Å². The standard InChI is InChI=1S/C26H42O2/c1-23(2)28-22-12-21-27-20-11-9-7-6-8-10-13-24-14-16-25(17-15-24)18-19-26(3,4)5/h14-17,23H,6-13,20-22H2,1-5H3. The third-order valence-electron chi connectivity index (χ3n) is 4.42. The second-order valence-corrected chi connectivity index (χ2v) is 8.95. The molecule has 0 aliphatic heterocycles. The lowest BCUT2D eigenvalue weighted by molar-refractivity contribution is 0.0507. The average molecular weight is 387 g/mol. The van der Waals surface area contributed by atoms with Crippen LogP contribution in [0.15, 0.2) is 24.3 Å². The summed E-state index contributed by atoms with van der Waals surface area (Å²) in [5.74, 6) is 6.55. The van der Waals surface area contributed by atoms with Crippen molar-refractivity contribution in [1.29, 1.82) is 0 Å². The normalized spacial score (nSPS) is 11.5. The maximum Gasteiger partial charge on any atom is 0.0518 e. The Kier molecular flexibility index (Phi) is 13.0. The topological polar surface area (TPSA) is 18.5 Å². The van der Waals surface area contributed by atoms with Crippen molar-refractivity contribution in [2.45, 2.75) is 92.1 Å². The Hall–Kier alpha value is -1.30. The van der Waals surface area contributed by atoms with Crippen molar-refractivity contribution in [2.75, 3.05) is 19.8 Å². The van der Waals surface area contributed by atoms with E-state index in [1.807, 2.05) is 0 Å². The molecular weight excluding hydrogens is 344 g/mol. The first-order valence-electron chi connectivity index (χ1n) is 11.2. The van der Waals surface area contributed by atoms with E-state index in [2.05, 4.69) is 70.7 Å². The predicted molar refractivity (Wildman–Crippen MR) is 121 cm³/mol. The van der Waals surface area contributed by atoms with Crippen LogP contribution >= 0.6 is 0 Å². The van der Waals surface area contributed by atoms with Crippen LogP contribution < -0.4 is 0 Å². The highest BCUT2D eigenvalue weighted by molar-refractivity contribution is 5.37. The van der Waals surface area contributed by atoms with E-state index >= 15 is 0 Å².